The van der Waals surface area contributed by atoms with Crippen LogP contribution in [0.1, 0.15) is 36.7 Å². The Labute approximate surface area is 111 Å². The highest BCUT2D eigenvalue weighted by molar-refractivity contribution is 5.74. The Hall–Kier alpha value is -1.75. The molecule has 1 saturated heterocycles. The van der Waals surface area contributed by atoms with Crippen LogP contribution in [0.3, 0.4) is 0 Å². The average Bonchev–Trinajstić information content (AvgIpc) is 2.77. The van der Waals surface area contributed by atoms with Crippen LogP contribution in [0, 0.1) is 0 Å². The first-order valence-electron chi connectivity index (χ1n) is 6.25. The van der Waals surface area contributed by atoms with Crippen LogP contribution in [0.5, 0.6) is 11.5 Å². The largest absolute Gasteiger partial charge is 0.496 e. The quantitative estimate of drug-likeness (QED) is 0.766. The van der Waals surface area contributed by atoms with Crippen molar-refractivity contribution in [2.75, 3.05) is 14.2 Å². The molecule has 0 radical (unpaired) electrons. The molecule has 3 rings (SSSR count). The van der Waals surface area contributed by atoms with Crippen LogP contribution in [-0.4, -0.2) is 26.3 Å². The van der Waals surface area contributed by atoms with Crippen LogP contribution >= 0.6 is 0 Å². The lowest BCUT2D eigenvalue weighted by atomic mass is 9.90. The first-order chi connectivity index (χ1) is 9.15. The van der Waals surface area contributed by atoms with Crippen LogP contribution in [0.2, 0.25) is 0 Å². The van der Waals surface area contributed by atoms with Gasteiger partial charge in [-0.1, -0.05) is 0 Å². The molecule has 2 heterocycles. The van der Waals surface area contributed by atoms with Crippen LogP contribution in [0.15, 0.2) is 12.1 Å². The molecule has 5 nitrogen and oxygen atoms in total. The van der Waals surface area contributed by atoms with E-state index in [-0.39, 0.29) is 24.6 Å². The monoisotopic (exact) mass is 264 g/mol. The number of hydrogen-bond donors (Lipinski definition) is 0. The van der Waals surface area contributed by atoms with E-state index in [1.54, 1.807) is 14.2 Å². The Morgan fingerprint density at radius 3 is 2.42 bits per heavy atom. The van der Waals surface area contributed by atoms with Gasteiger partial charge in [-0.15, -0.1) is 0 Å². The number of carbonyl (C=O) groups excluding carboxylic acids is 1. The minimum atomic E-state index is -0.399. The number of hydrogen-bond acceptors (Lipinski definition) is 5. The molecule has 0 amide bonds. The Bertz CT molecular complexity index is 525. The Kier molecular flexibility index (Phi) is 2.86. The van der Waals surface area contributed by atoms with Crippen molar-refractivity contribution < 1.29 is 23.7 Å². The van der Waals surface area contributed by atoms with Gasteiger partial charge in [0.2, 0.25) is 0 Å². The maximum Gasteiger partial charge on any atom is 0.309 e. The molecule has 0 N–H and O–H groups in total. The second kappa shape index (κ2) is 4.42. The van der Waals surface area contributed by atoms with Crippen LogP contribution in [0.25, 0.3) is 0 Å². The lowest BCUT2D eigenvalue weighted by Gasteiger charge is -2.33. The van der Waals surface area contributed by atoms with E-state index in [1.165, 1.54) is 0 Å². The molecule has 1 aromatic rings. The molecule has 3 atom stereocenters. The van der Waals surface area contributed by atoms with Crippen molar-refractivity contribution in [2.45, 2.75) is 31.7 Å². The molecule has 0 bridgehead atoms. The van der Waals surface area contributed by atoms with Gasteiger partial charge in [0, 0.05) is 11.1 Å². The molecule has 1 aromatic carbocycles. The predicted molar refractivity (Wildman–Crippen MR) is 66.3 cm³/mol. The van der Waals surface area contributed by atoms with Crippen molar-refractivity contribution in [3.05, 3.63) is 23.3 Å². The topological polar surface area (TPSA) is 54.0 Å². The van der Waals surface area contributed by atoms with Crippen molar-refractivity contribution in [1.82, 2.24) is 0 Å². The fourth-order valence-corrected chi connectivity index (χ4v) is 2.90. The third-order valence-corrected chi connectivity index (χ3v) is 3.68. The number of fused-ring (bicyclic) bond motifs is 3. The summed E-state index contributed by atoms with van der Waals surface area (Å²) in [7, 11) is 3.22. The Morgan fingerprint density at radius 2 is 1.79 bits per heavy atom. The van der Waals surface area contributed by atoms with E-state index in [4.69, 9.17) is 18.9 Å². The van der Waals surface area contributed by atoms with Gasteiger partial charge in [0.25, 0.3) is 0 Å². The van der Waals surface area contributed by atoms with Gasteiger partial charge in [-0.05, 0) is 19.1 Å². The van der Waals surface area contributed by atoms with E-state index >= 15 is 0 Å². The molecule has 0 aromatic heterocycles. The third kappa shape index (κ3) is 1.76. The zero-order valence-electron chi connectivity index (χ0n) is 11.1. The van der Waals surface area contributed by atoms with Gasteiger partial charge in [-0.3, -0.25) is 4.79 Å². The van der Waals surface area contributed by atoms with Crippen molar-refractivity contribution >= 4 is 5.97 Å². The van der Waals surface area contributed by atoms with Crippen molar-refractivity contribution in [3.8, 4) is 11.5 Å². The molecule has 0 spiro atoms. The number of benzene rings is 1. The highest BCUT2D eigenvalue weighted by atomic mass is 16.6. The Morgan fingerprint density at radius 1 is 1.16 bits per heavy atom. The first kappa shape index (κ1) is 12.3. The summed E-state index contributed by atoms with van der Waals surface area (Å²) in [6.07, 6.45) is -0.509. The van der Waals surface area contributed by atoms with Crippen LogP contribution in [-0.2, 0) is 14.3 Å². The zero-order valence-corrected chi connectivity index (χ0v) is 11.1. The molecule has 0 saturated carbocycles. The van der Waals surface area contributed by atoms with Gasteiger partial charge < -0.3 is 18.9 Å². The Balaban J connectivity index is 2.19. The van der Waals surface area contributed by atoms with Crippen molar-refractivity contribution in [3.63, 3.8) is 0 Å². The maximum atomic E-state index is 11.5. The van der Waals surface area contributed by atoms with Crippen LogP contribution in [0.4, 0.5) is 0 Å². The fourth-order valence-electron chi connectivity index (χ4n) is 2.90. The molecule has 2 aliphatic rings. The summed E-state index contributed by atoms with van der Waals surface area (Å²) < 4.78 is 22.0. The highest BCUT2D eigenvalue weighted by Gasteiger charge is 2.45. The number of ether oxygens (including phenoxy) is 4. The lowest BCUT2D eigenvalue weighted by molar-refractivity contribution is -0.143. The van der Waals surface area contributed by atoms with E-state index in [0.717, 1.165) is 16.9 Å². The van der Waals surface area contributed by atoms with E-state index in [2.05, 4.69) is 0 Å². The summed E-state index contributed by atoms with van der Waals surface area (Å²) >= 11 is 0. The van der Waals surface area contributed by atoms with Gasteiger partial charge in [0.05, 0.1) is 26.7 Å². The summed E-state index contributed by atoms with van der Waals surface area (Å²) in [4.78, 5) is 11.5. The molecule has 1 fully saturated rings. The highest BCUT2D eigenvalue weighted by Crippen LogP contribution is 2.50. The van der Waals surface area contributed by atoms with E-state index in [1.807, 2.05) is 19.1 Å². The van der Waals surface area contributed by atoms with E-state index < -0.39 is 6.10 Å². The minimum absolute atomic E-state index is 0.157. The van der Waals surface area contributed by atoms with Crippen molar-refractivity contribution in [1.29, 1.82) is 0 Å². The SMILES string of the molecule is COc1ccc(OC)c2c1[C@H]1OC(=O)C[C@H]1O[C@@H]2C. The smallest absolute Gasteiger partial charge is 0.309 e. The van der Waals surface area contributed by atoms with Crippen molar-refractivity contribution in [2.24, 2.45) is 0 Å². The minimum Gasteiger partial charge on any atom is -0.496 e. The predicted octanol–water partition coefficient (Wildman–Crippen LogP) is 2.15. The summed E-state index contributed by atoms with van der Waals surface area (Å²) in [6.45, 7) is 1.94. The number of rotatable bonds is 2. The number of esters is 1. The molecule has 5 heteroatoms. The fraction of sp³-hybridized carbons (Fsp3) is 0.500. The normalized spacial score (nSPS) is 28.4. The van der Waals surface area contributed by atoms with Gasteiger partial charge in [-0.2, -0.15) is 0 Å². The third-order valence-electron chi connectivity index (χ3n) is 3.68. The van der Waals surface area contributed by atoms with Gasteiger partial charge in [0.1, 0.15) is 17.6 Å². The average molecular weight is 264 g/mol. The maximum absolute atomic E-state index is 11.5. The van der Waals surface area contributed by atoms with Gasteiger partial charge in [0.15, 0.2) is 6.10 Å². The second-order valence-corrected chi connectivity index (χ2v) is 4.73. The molecular weight excluding hydrogens is 248 g/mol. The molecule has 2 aliphatic heterocycles. The summed E-state index contributed by atoms with van der Waals surface area (Å²) in [5, 5.41) is 0. The van der Waals surface area contributed by atoms with Gasteiger partial charge in [-0.25, -0.2) is 0 Å². The summed E-state index contributed by atoms with van der Waals surface area (Å²) in [5.74, 6) is 1.19. The number of carbonyl (C=O) groups is 1. The standard InChI is InChI=1S/C14H16O5/c1-7-12-8(16-2)4-5-9(17-3)13(12)14-10(18-7)6-11(15)19-14/h4-5,7,10,14H,6H2,1-3H3/t7-,10-,14+/m1/s1. The van der Waals surface area contributed by atoms with Gasteiger partial charge >= 0.3 is 5.97 Å². The lowest BCUT2D eigenvalue weighted by Crippen LogP contribution is -2.27. The van der Waals surface area contributed by atoms with E-state index in [0.29, 0.717) is 5.75 Å². The molecule has 102 valence electrons. The van der Waals surface area contributed by atoms with E-state index in [9.17, 15) is 4.79 Å². The summed E-state index contributed by atoms with van der Waals surface area (Å²) in [5.41, 5.74) is 1.77. The zero-order chi connectivity index (χ0) is 13.6. The molecular formula is C14H16O5. The molecule has 0 unspecified atom stereocenters. The second-order valence-electron chi connectivity index (χ2n) is 4.73. The summed E-state index contributed by atoms with van der Waals surface area (Å²) in [6, 6.07) is 3.67. The molecule has 19 heavy (non-hydrogen) atoms. The first-order valence-corrected chi connectivity index (χ1v) is 6.25. The van der Waals surface area contributed by atoms with Crippen LogP contribution < -0.4 is 9.47 Å². The molecule has 0 aliphatic carbocycles. The number of methoxy groups -OCH3 is 2.